The lowest BCUT2D eigenvalue weighted by molar-refractivity contribution is 0.245. The summed E-state index contributed by atoms with van der Waals surface area (Å²) in [7, 11) is 0. The second kappa shape index (κ2) is 5.89. The Morgan fingerprint density at radius 3 is 2.79 bits per heavy atom. The molecule has 1 aromatic carbocycles. The zero-order valence-corrected chi connectivity index (χ0v) is 11.6. The minimum atomic E-state index is 0.108. The Kier molecular flexibility index (Phi) is 4.22. The van der Waals surface area contributed by atoms with Crippen LogP contribution < -0.4 is 10.5 Å². The molecule has 0 aliphatic heterocycles. The quantitative estimate of drug-likeness (QED) is 0.898. The van der Waals surface area contributed by atoms with Gasteiger partial charge in [-0.05, 0) is 38.3 Å². The number of ether oxygens (including phenoxy) is 1. The minimum Gasteiger partial charge on any atom is -0.485 e. The van der Waals surface area contributed by atoms with Crippen LogP contribution in [0.5, 0.6) is 5.75 Å². The van der Waals surface area contributed by atoms with Crippen molar-refractivity contribution >= 4 is 0 Å². The molecule has 4 heteroatoms. The van der Waals surface area contributed by atoms with Crippen LogP contribution in [0.2, 0.25) is 0 Å². The maximum absolute atomic E-state index is 5.88. The third-order valence-corrected chi connectivity index (χ3v) is 2.87. The molecule has 0 saturated heterocycles. The second-order valence-electron chi connectivity index (χ2n) is 4.97. The predicted octanol–water partition coefficient (Wildman–Crippen LogP) is 2.76. The van der Waals surface area contributed by atoms with E-state index >= 15 is 0 Å². The fraction of sp³-hybridized carbons (Fsp3) is 0.400. The van der Waals surface area contributed by atoms with Crippen LogP contribution in [0.25, 0.3) is 0 Å². The van der Waals surface area contributed by atoms with Crippen LogP contribution >= 0.6 is 0 Å². The van der Waals surface area contributed by atoms with E-state index in [0.717, 1.165) is 34.8 Å². The zero-order chi connectivity index (χ0) is 13.8. The predicted molar refractivity (Wildman–Crippen MR) is 74.1 cm³/mol. The number of para-hydroxylation sites is 1. The van der Waals surface area contributed by atoms with Gasteiger partial charge in [0.1, 0.15) is 12.4 Å². The first kappa shape index (κ1) is 13.6. The second-order valence-corrected chi connectivity index (χ2v) is 4.97. The summed E-state index contributed by atoms with van der Waals surface area (Å²) in [6.07, 6.45) is 0.798. The maximum atomic E-state index is 5.88. The molecule has 4 nitrogen and oxygen atoms in total. The van der Waals surface area contributed by atoms with Crippen molar-refractivity contribution in [3.05, 3.63) is 46.8 Å². The summed E-state index contributed by atoms with van der Waals surface area (Å²) in [5.41, 5.74) is 8.97. The van der Waals surface area contributed by atoms with E-state index in [2.05, 4.69) is 11.2 Å². The molecule has 1 aromatic heterocycles. The number of nitrogens with two attached hydrogens (primary N) is 1. The molecule has 2 rings (SSSR count). The summed E-state index contributed by atoms with van der Waals surface area (Å²) < 4.78 is 11.0. The first-order valence-corrected chi connectivity index (χ1v) is 6.45. The largest absolute Gasteiger partial charge is 0.485 e. The van der Waals surface area contributed by atoms with Gasteiger partial charge in [0.25, 0.3) is 0 Å². The molecule has 0 spiro atoms. The van der Waals surface area contributed by atoms with Gasteiger partial charge in [0.15, 0.2) is 5.76 Å². The van der Waals surface area contributed by atoms with E-state index in [1.165, 1.54) is 0 Å². The highest BCUT2D eigenvalue weighted by Gasteiger charge is 2.10. The van der Waals surface area contributed by atoms with E-state index in [1.807, 2.05) is 39.0 Å². The van der Waals surface area contributed by atoms with E-state index in [1.54, 1.807) is 0 Å². The number of nitrogens with zero attached hydrogens (tertiary/aromatic N) is 1. The SMILES string of the molecule is Cc1cc(COc2c(C)cccc2CC(C)N)on1. The Morgan fingerprint density at radius 1 is 1.37 bits per heavy atom. The number of rotatable bonds is 5. The topological polar surface area (TPSA) is 61.3 Å². The van der Waals surface area contributed by atoms with Crippen LogP contribution in [-0.4, -0.2) is 11.2 Å². The molecule has 1 heterocycles. The Hall–Kier alpha value is -1.81. The van der Waals surface area contributed by atoms with Crippen LogP contribution in [0.3, 0.4) is 0 Å². The van der Waals surface area contributed by atoms with Gasteiger partial charge in [-0.25, -0.2) is 0 Å². The number of hydrogen-bond acceptors (Lipinski definition) is 4. The van der Waals surface area contributed by atoms with E-state index in [4.69, 9.17) is 15.0 Å². The zero-order valence-electron chi connectivity index (χ0n) is 11.6. The van der Waals surface area contributed by atoms with Crippen LogP contribution in [-0.2, 0) is 13.0 Å². The fourth-order valence-electron chi connectivity index (χ4n) is 2.06. The van der Waals surface area contributed by atoms with Gasteiger partial charge in [0.2, 0.25) is 0 Å². The van der Waals surface area contributed by atoms with Crippen molar-refractivity contribution in [2.24, 2.45) is 5.73 Å². The van der Waals surface area contributed by atoms with Gasteiger partial charge in [0.05, 0.1) is 5.69 Å². The van der Waals surface area contributed by atoms with Gasteiger partial charge in [-0.2, -0.15) is 0 Å². The molecular formula is C15H20N2O2. The highest BCUT2D eigenvalue weighted by molar-refractivity contribution is 5.41. The summed E-state index contributed by atoms with van der Waals surface area (Å²) in [6.45, 7) is 6.30. The van der Waals surface area contributed by atoms with Gasteiger partial charge in [0, 0.05) is 12.1 Å². The van der Waals surface area contributed by atoms with Crippen LogP contribution in [0.15, 0.2) is 28.8 Å². The Labute approximate surface area is 113 Å². The van der Waals surface area contributed by atoms with Gasteiger partial charge in [-0.15, -0.1) is 0 Å². The van der Waals surface area contributed by atoms with Crippen molar-refractivity contribution in [2.75, 3.05) is 0 Å². The summed E-state index contributed by atoms with van der Waals surface area (Å²) in [5.74, 6) is 1.63. The smallest absolute Gasteiger partial charge is 0.174 e. The Morgan fingerprint density at radius 2 is 2.16 bits per heavy atom. The normalized spacial score (nSPS) is 12.4. The van der Waals surface area contributed by atoms with Crippen LogP contribution in [0.4, 0.5) is 0 Å². The molecule has 102 valence electrons. The highest BCUT2D eigenvalue weighted by Crippen LogP contribution is 2.25. The lowest BCUT2D eigenvalue weighted by Crippen LogP contribution is -2.18. The fourth-order valence-corrected chi connectivity index (χ4v) is 2.06. The summed E-state index contributed by atoms with van der Waals surface area (Å²) in [5, 5.41) is 3.85. The summed E-state index contributed by atoms with van der Waals surface area (Å²) in [6, 6.07) is 8.10. The lowest BCUT2D eigenvalue weighted by Gasteiger charge is -2.14. The standard InChI is InChI=1S/C15H20N2O2/c1-10-5-4-6-13(7-11(2)16)15(10)18-9-14-8-12(3)17-19-14/h4-6,8,11H,7,9,16H2,1-3H3. The van der Waals surface area contributed by atoms with Crippen LogP contribution in [0, 0.1) is 13.8 Å². The molecular weight excluding hydrogens is 240 g/mol. The summed E-state index contributed by atoms with van der Waals surface area (Å²) in [4.78, 5) is 0. The van der Waals surface area contributed by atoms with Gasteiger partial charge in [-0.3, -0.25) is 0 Å². The van der Waals surface area contributed by atoms with Crippen LogP contribution in [0.1, 0.15) is 29.5 Å². The van der Waals surface area contributed by atoms with E-state index in [9.17, 15) is 0 Å². The molecule has 0 aliphatic rings. The number of aryl methyl sites for hydroxylation is 2. The molecule has 0 aliphatic carbocycles. The van der Waals surface area contributed by atoms with Crippen molar-refractivity contribution in [3.8, 4) is 5.75 Å². The molecule has 0 amide bonds. The third kappa shape index (κ3) is 3.58. The van der Waals surface area contributed by atoms with Gasteiger partial charge < -0.3 is 15.0 Å². The highest BCUT2D eigenvalue weighted by atomic mass is 16.5. The molecule has 0 saturated carbocycles. The van der Waals surface area contributed by atoms with E-state index in [0.29, 0.717) is 6.61 Å². The summed E-state index contributed by atoms with van der Waals surface area (Å²) >= 11 is 0. The minimum absolute atomic E-state index is 0.108. The maximum Gasteiger partial charge on any atom is 0.174 e. The number of hydrogen-bond donors (Lipinski definition) is 1. The molecule has 0 fully saturated rings. The third-order valence-electron chi connectivity index (χ3n) is 2.87. The van der Waals surface area contributed by atoms with Crippen molar-refractivity contribution < 1.29 is 9.26 Å². The molecule has 1 unspecified atom stereocenters. The average Bonchev–Trinajstić information content (AvgIpc) is 2.73. The molecule has 1 atom stereocenters. The van der Waals surface area contributed by atoms with Gasteiger partial charge in [-0.1, -0.05) is 23.4 Å². The lowest BCUT2D eigenvalue weighted by atomic mass is 10.0. The Balaban J connectivity index is 2.14. The van der Waals surface area contributed by atoms with Gasteiger partial charge >= 0.3 is 0 Å². The molecule has 0 radical (unpaired) electrons. The van der Waals surface area contributed by atoms with Crippen molar-refractivity contribution in [1.82, 2.24) is 5.16 Å². The Bertz CT molecular complexity index is 547. The first-order chi connectivity index (χ1) is 9.06. The molecule has 2 aromatic rings. The van der Waals surface area contributed by atoms with Crippen molar-refractivity contribution in [3.63, 3.8) is 0 Å². The van der Waals surface area contributed by atoms with Crippen molar-refractivity contribution in [1.29, 1.82) is 0 Å². The van der Waals surface area contributed by atoms with E-state index < -0.39 is 0 Å². The van der Waals surface area contributed by atoms with E-state index in [-0.39, 0.29) is 6.04 Å². The number of aromatic nitrogens is 1. The first-order valence-electron chi connectivity index (χ1n) is 6.45. The monoisotopic (exact) mass is 260 g/mol. The van der Waals surface area contributed by atoms with Crippen molar-refractivity contribution in [2.45, 2.75) is 39.8 Å². The molecule has 2 N–H and O–H groups in total. The average molecular weight is 260 g/mol. The molecule has 19 heavy (non-hydrogen) atoms. The number of benzene rings is 1. The molecule has 0 bridgehead atoms.